The summed E-state index contributed by atoms with van der Waals surface area (Å²) in [5.41, 5.74) is 0.748. The number of hydrogen-bond acceptors (Lipinski definition) is 4. The van der Waals surface area contributed by atoms with Crippen molar-refractivity contribution in [3.63, 3.8) is 0 Å². The normalized spacial score (nSPS) is 10.9. The predicted octanol–water partition coefficient (Wildman–Crippen LogP) is 1.17. The third-order valence-corrected chi connectivity index (χ3v) is 3.62. The lowest BCUT2D eigenvalue weighted by Gasteiger charge is -2.07. The highest BCUT2D eigenvalue weighted by molar-refractivity contribution is 7.99. The molecule has 0 fully saturated rings. The number of hydrogen-bond donors (Lipinski definition) is 2. The number of rotatable bonds is 7. The van der Waals surface area contributed by atoms with Gasteiger partial charge in [-0.2, -0.15) is 0 Å². The van der Waals surface area contributed by atoms with Gasteiger partial charge in [0.1, 0.15) is 0 Å². The van der Waals surface area contributed by atoms with E-state index in [9.17, 15) is 4.79 Å². The smallest absolute Gasteiger partial charge is 0.230 e. The number of carbonyl (C=O) groups is 1. The third-order valence-electron chi connectivity index (χ3n) is 2.58. The van der Waals surface area contributed by atoms with Crippen molar-refractivity contribution in [1.82, 2.24) is 14.9 Å². The molecule has 0 spiro atoms. The summed E-state index contributed by atoms with van der Waals surface area (Å²) in [6, 6.07) is 0. The zero-order valence-corrected chi connectivity index (χ0v) is 12.0. The minimum atomic E-state index is -0.0371. The first-order chi connectivity index (χ1) is 8.54. The standard InChI is InChI=1S/C12H21N3O2S/c1-9(2)4-5-13-11(17)8-18-12-14-6-10(7-16)15(12)3/h6,9,16H,4-5,7-8H2,1-3H3,(H,13,17). The van der Waals surface area contributed by atoms with Crippen molar-refractivity contribution >= 4 is 17.7 Å². The van der Waals surface area contributed by atoms with Crippen molar-refractivity contribution in [3.05, 3.63) is 11.9 Å². The van der Waals surface area contributed by atoms with Crippen LogP contribution in [0.1, 0.15) is 26.0 Å². The van der Waals surface area contributed by atoms with E-state index in [-0.39, 0.29) is 12.5 Å². The van der Waals surface area contributed by atoms with Crippen LogP contribution in [0.15, 0.2) is 11.4 Å². The van der Waals surface area contributed by atoms with E-state index in [4.69, 9.17) is 5.11 Å². The SMILES string of the molecule is CC(C)CCNC(=O)CSc1ncc(CO)n1C. The molecule has 1 aromatic heterocycles. The van der Waals surface area contributed by atoms with Crippen LogP contribution in [-0.2, 0) is 18.4 Å². The van der Waals surface area contributed by atoms with Gasteiger partial charge in [0.25, 0.3) is 0 Å². The molecule has 0 aromatic carbocycles. The Morgan fingerprint density at radius 3 is 2.89 bits per heavy atom. The molecule has 0 radical (unpaired) electrons. The molecule has 0 aliphatic rings. The van der Waals surface area contributed by atoms with Gasteiger partial charge in [0.05, 0.1) is 24.3 Å². The first-order valence-corrected chi connectivity index (χ1v) is 7.04. The molecule has 0 aliphatic carbocycles. The first-order valence-electron chi connectivity index (χ1n) is 6.05. The second-order valence-electron chi connectivity index (χ2n) is 4.57. The molecule has 0 unspecified atom stereocenters. The number of aliphatic hydroxyl groups is 1. The summed E-state index contributed by atoms with van der Waals surface area (Å²) >= 11 is 1.38. The Morgan fingerprint density at radius 2 is 2.33 bits per heavy atom. The van der Waals surface area contributed by atoms with Crippen molar-refractivity contribution < 1.29 is 9.90 Å². The van der Waals surface area contributed by atoms with Crippen molar-refractivity contribution in [2.24, 2.45) is 13.0 Å². The van der Waals surface area contributed by atoms with Crippen molar-refractivity contribution in [3.8, 4) is 0 Å². The molecule has 5 nitrogen and oxygen atoms in total. The number of amides is 1. The van der Waals surface area contributed by atoms with Crippen molar-refractivity contribution in [2.75, 3.05) is 12.3 Å². The van der Waals surface area contributed by atoms with E-state index >= 15 is 0 Å². The summed E-state index contributed by atoms with van der Waals surface area (Å²) in [5, 5.41) is 12.7. The molecule has 0 aliphatic heterocycles. The quantitative estimate of drug-likeness (QED) is 0.731. The maximum absolute atomic E-state index is 11.6. The van der Waals surface area contributed by atoms with Crippen LogP contribution >= 0.6 is 11.8 Å². The molecule has 18 heavy (non-hydrogen) atoms. The molecule has 1 rings (SSSR count). The summed E-state index contributed by atoms with van der Waals surface area (Å²) in [4.78, 5) is 15.7. The third kappa shape index (κ3) is 4.70. The summed E-state index contributed by atoms with van der Waals surface area (Å²) in [5.74, 6) is 0.974. The Hall–Kier alpha value is -1.01. The average Bonchev–Trinajstić information content (AvgIpc) is 2.67. The van der Waals surface area contributed by atoms with Crippen LogP contribution in [-0.4, -0.2) is 32.9 Å². The molecule has 0 saturated carbocycles. The maximum Gasteiger partial charge on any atom is 0.230 e. The second kappa shape index (κ2) is 7.43. The monoisotopic (exact) mass is 271 g/mol. The van der Waals surface area contributed by atoms with E-state index < -0.39 is 0 Å². The molecular formula is C12H21N3O2S. The van der Waals surface area contributed by atoms with Gasteiger partial charge < -0.3 is 15.0 Å². The van der Waals surface area contributed by atoms with Crippen molar-refractivity contribution in [2.45, 2.75) is 32.0 Å². The lowest BCUT2D eigenvalue weighted by atomic mass is 10.1. The Balaban J connectivity index is 2.31. The molecule has 1 amide bonds. The highest BCUT2D eigenvalue weighted by Crippen LogP contribution is 2.16. The lowest BCUT2D eigenvalue weighted by molar-refractivity contribution is -0.118. The van der Waals surface area contributed by atoms with Gasteiger partial charge in [-0.25, -0.2) is 4.98 Å². The fourth-order valence-electron chi connectivity index (χ4n) is 1.39. The molecule has 1 heterocycles. The van der Waals surface area contributed by atoms with Crippen LogP contribution in [0, 0.1) is 5.92 Å². The summed E-state index contributed by atoms with van der Waals surface area (Å²) < 4.78 is 1.80. The molecule has 0 bridgehead atoms. The Morgan fingerprint density at radius 1 is 1.61 bits per heavy atom. The molecule has 0 saturated heterocycles. The average molecular weight is 271 g/mol. The van der Waals surface area contributed by atoms with Crippen LogP contribution in [0.4, 0.5) is 0 Å². The van der Waals surface area contributed by atoms with E-state index in [2.05, 4.69) is 24.1 Å². The van der Waals surface area contributed by atoms with E-state index in [1.165, 1.54) is 11.8 Å². The van der Waals surface area contributed by atoms with Gasteiger partial charge in [-0.1, -0.05) is 25.6 Å². The predicted molar refractivity (Wildman–Crippen MR) is 72.3 cm³/mol. The number of aliphatic hydroxyl groups excluding tert-OH is 1. The summed E-state index contributed by atoms with van der Waals surface area (Å²) in [7, 11) is 1.83. The maximum atomic E-state index is 11.6. The largest absolute Gasteiger partial charge is 0.390 e. The van der Waals surface area contributed by atoms with Gasteiger partial charge in [0, 0.05) is 13.6 Å². The number of nitrogens with zero attached hydrogens (tertiary/aromatic N) is 2. The Bertz CT molecular complexity index is 391. The van der Waals surface area contributed by atoms with Crippen LogP contribution in [0.25, 0.3) is 0 Å². The number of thioether (sulfide) groups is 1. The Labute approximate surface area is 112 Å². The van der Waals surface area contributed by atoms with Crippen molar-refractivity contribution in [1.29, 1.82) is 0 Å². The van der Waals surface area contributed by atoms with E-state index in [0.29, 0.717) is 11.7 Å². The van der Waals surface area contributed by atoms with Crippen LogP contribution in [0.5, 0.6) is 0 Å². The van der Waals surface area contributed by atoms with Gasteiger partial charge in [0.2, 0.25) is 5.91 Å². The van der Waals surface area contributed by atoms with Crippen LogP contribution in [0.3, 0.4) is 0 Å². The molecule has 1 aromatic rings. The van der Waals surface area contributed by atoms with Crippen LogP contribution in [0.2, 0.25) is 0 Å². The number of imidazole rings is 1. The number of carbonyl (C=O) groups excluding carboxylic acids is 1. The summed E-state index contributed by atoms with van der Waals surface area (Å²) in [6.45, 7) is 4.95. The first kappa shape index (κ1) is 15.0. The van der Waals surface area contributed by atoms with E-state index in [0.717, 1.165) is 23.8 Å². The molecule has 2 N–H and O–H groups in total. The van der Waals surface area contributed by atoms with Gasteiger partial charge in [-0.05, 0) is 12.3 Å². The highest BCUT2D eigenvalue weighted by atomic mass is 32.2. The number of nitrogens with one attached hydrogen (secondary N) is 1. The minimum absolute atomic E-state index is 0.0224. The number of aromatic nitrogens is 2. The highest BCUT2D eigenvalue weighted by Gasteiger charge is 2.09. The fourth-order valence-corrected chi connectivity index (χ4v) is 2.19. The van der Waals surface area contributed by atoms with Gasteiger partial charge >= 0.3 is 0 Å². The zero-order valence-electron chi connectivity index (χ0n) is 11.1. The lowest BCUT2D eigenvalue weighted by Crippen LogP contribution is -2.27. The topological polar surface area (TPSA) is 67.2 Å². The molecule has 0 atom stereocenters. The van der Waals surface area contributed by atoms with Gasteiger partial charge in [0.15, 0.2) is 5.16 Å². The summed E-state index contributed by atoms with van der Waals surface area (Å²) in [6.07, 6.45) is 2.62. The van der Waals surface area contributed by atoms with Gasteiger partial charge in [-0.15, -0.1) is 0 Å². The minimum Gasteiger partial charge on any atom is -0.390 e. The molecule has 6 heteroatoms. The second-order valence-corrected chi connectivity index (χ2v) is 5.51. The zero-order chi connectivity index (χ0) is 13.5. The van der Waals surface area contributed by atoms with E-state index in [1.54, 1.807) is 10.8 Å². The van der Waals surface area contributed by atoms with Crippen LogP contribution < -0.4 is 5.32 Å². The molecular weight excluding hydrogens is 250 g/mol. The van der Waals surface area contributed by atoms with Gasteiger partial charge in [-0.3, -0.25) is 4.79 Å². The van der Waals surface area contributed by atoms with E-state index in [1.807, 2.05) is 7.05 Å². The fraction of sp³-hybridized carbons (Fsp3) is 0.667. The molecule has 102 valence electrons. The Kier molecular flexibility index (Phi) is 6.21.